The average Bonchev–Trinajstić information content (AvgIpc) is 2.70. The number of hydrogen-bond acceptors (Lipinski definition) is 2. The Morgan fingerprint density at radius 1 is 1.67 bits per heavy atom. The minimum absolute atomic E-state index is 0.186. The van der Waals surface area contributed by atoms with Crippen LogP contribution in [-0.2, 0) is 4.79 Å². The van der Waals surface area contributed by atoms with E-state index in [1.165, 1.54) is 0 Å². The number of aromatic nitrogens is 1. The summed E-state index contributed by atoms with van der Waals surface area (Å²) in [5.74, 6) is 0. The fourth-order valence-corrected chi connectivity index (χ4v) is 2.14. The molecule has 1 amide bonds. The molecule has 0 unspecified atom stereocenters. The summed E-state index contributed by atoms with van der Waals surface area (Å²) in [6.07, 6.45) is 4.76. The third kappa shape index (κ3) is 1.97. The van der Waals surface area contributed by atoms with E-state index in [9.17, 15) is 4.79 Å². The fourth-order valence-electron chi connectivity index (χ4n) is 2.04. The lowest BCUT2D eigenvalue weighted by Gasteiger charge is -2.20. The number of hydrogen-bond donors (Lipinski definition) is 0. The summed E-state index contributed by atoms with van der Waals surface area (Å²) < 4.78 is 0. The number of aryl methyl sites for hydroxylation is 1. The van der Waals surface area contributed by atoms with Crippen molar-refractivity contribution in [3.63, 3.8) is 0 Å². The Labute approximate surface area is 94.1 Å². The third-order valence-electron chi connectivity index (χ3n) is 2.85. The molecule has 0 aliphatic carbocycles. The molecule has 0 saturated carbocycles. The van der Waals surface area contributed by atoms with Gasteiger partial charge in [-0.3, -0.25) is 4.79 Å². The summed E-state index contributed by atoms with van der Waals surface area (Å²) >= 11 is 5.86. The van der Waals surface area contributed by atoms with Crippen LogP contribution in [0.3, 0.4) is 0 Å². The second-order valence-electron chi connectivity index (χ2n) is 3.88. The number of halogens is 1. The van der Waals surface area contributed by atoms with Crippen LogP contribution in [0.5, 0.6) is 0 Å². The topological polar surface area (TPSA) is 33.2 Å². The van der Waals surface area contributed by atoms with Crippen molar-refractivity contribution in [2.75, 3.05) is 6.54 Å². The Morgan fingerprint density at radius 3 is 3.13 bits per heavy atom. The summed E-state index contributed by atoms with van der Waals surface area (Å²) in [7, 11) is 0. The van der Waals surface area contributed by atoms with E-state index in [0.717, 1.165) is 36.9 Å². The maximum absolute atomic E-state index is 10.8. The zero-order chi connectivity index (χ0) is 10.8. The van der Waals surface area contributed by atoms with Gasteiger partial charge in [0.25, 0.3) is 0 Å². The van der Waals surface area contributed by atoms with Crippen molar-refractivity contribution in [2.24, 2.45) is 0 Å². The average molecular weight is 225 g/mol. The van der Waals surface area contributed by atoms with Gasteiger partial charge in [-0.05, 0) is 37.0 Å². The van der Waals surface area contributed by atoms with Gasteiger partial charge in [0.05, 0.1) is 6.04 Å². The van der Waals surface area contributed by atoms with Crippen molar-refractivity contribution in [1.29, 1.82) is 0 Å². The number of carbonyl (C=O) groups excluding carboxylic acids is 1. The molecule has 2 rings (SSSR count). The van der Waals surface area contributed by atoms with Crippen LogP contribution in [0.4, 0.5) is 0 Å². The van der Waals surface area contributed by atoms with Crippen LogP contribution in [0, 0.1) is 6.92 Å². The normalized spacial score (nSPS) is 20.7. The lowest BCUT2D eigenvalue weighted by Crippen LogP contribution is -2.21. The molecule has 1 saturated heterocycles. The summed E-state index contributed by atoms with van der Waals surface area (Å²) in [5.41, 5.74) is 2.05. The molecule has 3 nitrogen and oxygen atoms in total. The number of nitrogens with zero attached hydrogens (tertiary/aromatic N) is 2. The lowest BCUT2D eigenvalue weighted by molar-refractivity contribution is -0.118. The first kappa shape index (κ1) is 10.4. The monoisotopic (exact) mass is 224 g/mol. The van der Waals surface area contributed by atoms with Crippen molar-refractivity contribution >= 4 is 18.0 Å². The quantitative estimate of drug-likeness (QED) is 0.571. The number of pyridine rings is 1. The first-order valence-corrected chi connectivity index (χ1v) is 5.43. The van der Waals surface area contributed by atoms with Gasteiger partial charge in [0.15, 0.2) is 0 Å². The summed E-state index contributed by atoms with van der Waals surface area (Å²) in [6.45, 7) is 2.77. The van der Waals surface area contributed by atoms with Gasteiger partial charge in [0.2, 0.25) is 6.41 Å². The van der Waals surface area contributed by atoms with Gasteiger partial charge in [0.1, 0.15) is 5.15 Å². The Hall–Kier alpha value is -1.09. The van der Waals surface area contributed by atoms with E-state index in [0.29, 0.717) is 5.15 Å². The predicted molar refractivity (Wildman–Crippen MR) is 58.7 cm³/mol. The molecule has 0 aromatic carbocycles. The smallest absolute Gasteiger partial charge is 0.210 e. The Kier molecular flexibility index (Phi) is 2.91. The molecule has 1 fully saturated rings. The predicted octanol–water partition coefficient (Wildman–Crippen LogP) is 2.34. The first-order valence-electron chi connectivity index (χ1n) is 5.05. The largest absolute Gasteiger partial charge is 0.338 e. The minimum atomic E-state index is 0.186. The Morgan fingerprint density at radius 2 is 2.47 bits per heavy atom. The molecular weight excluding hydrogens is 212 g/mol. The van der Waals surface area contributed by atoms with Crippen molar-refractivity contribution in [3.05, 3.63) is 28.5 Å². The van der Waals surface area contributed by atoms with Gasteiger partial charge in [-0.15, -0.1) is 0 Å². The van der Waals surface area contributed by atoms with E-state index in [1.54, 1.807) is 6.20 Å². The van der Waals surface area contributed by atoms with Crippen molar-refractivity contribution in [3.8, 4) is 0 Å². The lowest BCUT2D eigenvalue weighted by atomic mass is 10.1. The van der Waals surface area contributed by atoms with Crippen LogP contribution in [-0.4, -0.2) is 22.8 Å². The zero-order valence-electron chi connectivity index (χ0n) is 8.61. The molecule has 0 spiro atoms. The minimum Gasteiger partial charge on any atom is -0.338 e. The number of carbonyl (C=O) groups is 1. The molecule has 1 aromatic rings. The van der Waals surface area contributed by atoms with Crippen molar-refractivity contribution in [2.45, 2.75) is 25.8 Å². The third-order valence-corrected chi connectivity index (χ3v) is 3.25. The van der Waals surface area contributed by atoms with Crippen molar-refractivity contribution in [1.82, 2.24) is 9.88 Å². The highest BCUT2D eigenvalue weighted by Gasteiger charge is 2.24. The maximum atomic E-state index is 10.8. The molecule has 2 heterocycles. The highest BCUT2D eigenvalue weighted by molar-refractivity contribution is 6.30. The van der Waals surface area contributed by atoms with Gasteiger partial charge in [-0.25, -0.2) is 4.98 Å². The van der Waals surface area contributed by atoms with Crippen LogP contribution < -0.4 is 0 Å². The molecule has 15 heavy (non-hydrogen) atoms. The number of likely N-dealkylation sites (tertiary alicyclic amines) is 1. The van der Waals surface area contributed by atoms with Crippen LogP contribution in [0.25, 0.3) is 0 Å². The Balaban J connectivity index is 2.28. The molecular formula is C11H13ClN2O. The first-order chi connectivity index (χ1) is 7.22. The van der Waals surface area contributed by atoms with Crippen LogP contribution in [0.15, 0.2) is 12.3 Å². The molecule has 1 aliphatic rings. The van der Waals surface area contributed by atoms with E-state index in [2.05, 4.69) is 4.98 Å². The summed E-state index contributed by atoms with van der Waals surface area (Å²) in [5, 5.41) is 0.536. The standard InChI is InChI=1S/C11H13ClN2O/c1-8-5-9(6-13-11(8)12)10-3-2-4-14(10)7-15/h5-7,10H,2-4H2,1H3/t10-/m0/s1. The van der Waals surface area contributed by atoms with Crippen LogP contribution in [0.1, 0.15) is 30.0 Å². The molecule has 1 aliphatic heterocycles. The van der Waals surface area contributed by atoms with Gasteiger partial charge < -0.3 is 4.90 Å². The van der Waals surface area contributed by atoms with E-state index in [-0.39, 0.29) is 6.04 Å². The maximum Gasteiger partial charge on any atom is 0.210 e. The Bertz CT molecular complexity index is 381. The summed E-state index contributed by atoms with van der Waals surface area (Å²) in [6, 6.07) is 2.20. The van der Waals surface area contributed by atoms with Gasteiger partial charge in [-0.1, -0.05) is 11.6 Å². The van der Waals surface area contributed by atoms with Crippen LogP contribution in [0.2, 0.25) is 5.15 Å². The zero-order valence-corrected chi connectivity index (χ0v) is 9.37. The molecule has 80 valence electrons. The van der Waals surface area contributed by atoms with E-state index in [4.69, 9.17) is 11.6 Å². The second-order valence-corrected chi connectivity index (χ2v) is 4.24. The molecule has 0 radical (unpaired) electrons. The van der Waals surface area contributed by atoms with Crippen molar-refractivity contribution < 1.29 is 4.79 Å². The van der Waals surface area contributed by atoms with E-state index in [1.807, 2.05) is 17.9 Å². The molecule has 0 bridgehead atoms. The van der Waals surface area contributed by atoms with E-state index < -0.39 is 0 Å². The highest BCUT2D eigenvalue weighted by atomic mass is 35.5. The van der Waals surface area contributed by atoms with E-state index >= 15 is 0 Å². The number of amides is 1. The molecule has 1 aromatic heterocycles. The summed E-state index contributed by atoms with van der Waals surface area (Å²) in [4.78, 5) is 16.8. The number of rotatable bonds is 2. The van der Waals surface area contributed by atoms with Gasteiger partial charge >= 0.3 is 0 Å². The fraction of sp³-hybridized carbons (Fsp3) is 0.455. The van der Waals surface area contributed by atoms with Gasteiger partial charge in [-0.2, -0.15) is 0 Å². The molecule has 1 atom stereocenters. The SMILES string of the molecule is Cc1cc([C@@H]2CCCN2C=O)cnc1Cl. The van der Waals surface area contributed by atoms with Gasteiger partial charge in [0, 0.05) is 12.7 Å². The molecule has 4 heteroatoms. The second kappa shape index (κ2) is 4.19. The highest BCUT2D eigenvalue weighted by Crippen LogP contribution is 2.31. The molecule has 0 N–H and O–H groups in total. The van der Waals surface area contributed by atoms with Crippen LogP contribution >= 0.6 is 11.6 Å².